The van der Waals surface area contributed by atoms with Crippen molar-refractivity contribution < 1.29 is 4.39 Å². The van der Waals surface area contributed by atoms with E-state index in [1.54, 1.807) is 23.0 Å². The van der Waals surface area contributed by atoms with E-state index in [1.165, 1.54) is 12.1 Å². The summed E-state index contributed by atoms with van der Waals surface area (Å²) in [6.45, 7) is 1.89. The maximum Gasteiger partial charge on any atom is 0.123 e. The third kappa shape index (κ3) is 1.89. The van der Waals surface area contributed by atoms with Gasteiger partial charge in [0.1, 0.15) is 5.82 Å². The molecule has 15 heavy (non-hydrogen) atoms. The van der Waals surface area contributed by atoms with Gasteiger partial charge < -0.3 is 5.73 Å². The Balaban J connectivity index is 2.45. The number of nitrogens with two attached hydrogens (primary N) is 1. The largest absolute Gasteiger partial charge is 0.323 e. The van der Waals surface area contributed by atoms with Gasteiger partial charge in [-0.3, -0.25) is 0 Å². The number of rotatable bonds is 2. The van der Waals surface area contributed by atoms with Crippen molar-refractivity contribution in [3.8, 4) is 5.69 Å². The molecule has 3 nitrogen and oxygen atoms in total. The van der Waals surface area contributed by atoms with Crippen LogP contribution in [-0.4, -0.2) is 9.78 Å². The van der Waals surface area contributed by atoms with Gasteiger partial charge in [-0.1, -0.05) is 0 Å². The summed E-state index contributed by atoms with van der Waals surface area (Å²) in [7, 11) is 0. The molecule has 1 atom stereocenters. The Morgan fingerprint density at radius 1 is 1.27 bits per heavy atom. The Hall–Kier alpha value is -1.68. The summed E-state index contributed by atoms with van der Waals surface area (Å²) in [6, 6.07) is 7.91. The summed E-state index contributed by atoms with van der Waals surface area (Å²) in [5.74, 6) is -0.256. The minimum Gasteiger partial charge on any atom is -0.323 e. The number of hydrogen-bond acceptors (Lipinski definition) is 2. The van der Waals surface area contributed by atoms with E-state index in [0.717, 1.165) is 11.4 Å². The van der Waals surface area contributed by atoms with E-state index in [-0.39, 0.29) is 11.9 Å². The van der Waals surface area contributed by atoms with Gasteiger partial charge in [-0.15, -0.1) is 0 Å². The molecule has 2 aromatic rings. The Bertz CT molecular complexity index is 445. The maximum absolute atomic E-state index is 12.7. The third-order valence-electron chi connectivity index (χ3n) is 2.21. The molecule has 0 saturated heterocycles. The van der Waals surface area contributed by atoms with Crippen LogP contribution in [0.2, 0.25) is 0 Å². The second-order valence-corrected chi connectivity index (χ2v) is 3.43. The third-order valence-corrected chi connectivity index (χ3v) is 2.21. The minimum atomic E-state index is -0.256. The summed E-state index contributed by atoms with van der Waals surface area (Å²) >= 11 is 0. The lowest BCUT2D eigenvalue weighted by molar-refractivity contribution is 0.626. The zero-order chi connectivity index (χ0) is 10.8. The van der Waals surface area contributed by atoms with Crippen molar-refractivity contribution in [2.45, 2.75) is 13.0 Å². The second-order valence-electron chi connectivity index (χ2n) is 3.43. The van der Waals surface area contributed by atoms with Gasteiger partial charge in [-0.2, -0.15) is 5.10 Å². The molecular weight excluding hydrogens is 193 g/mol. The Labute approximate surface area is 87.3 Å². The van der Waals surface area contributed by atoms with Gasteiger partial charge in [0.25, 0.3) is 0 Å². The van der Waals surface area contributed by atoms with Crippen LogP contribution in [0.15, 0.2) is 36.5 Å². The molecule has 0 spiro atoms. The first-order valence-electron chi connectivity index (χ1n) is 4.74. The number of benzene rings is 1. The fourth-order valence-electron chi connectivity index (χ4n) is 1.46. The van der Waals surface area contributed by atoms with Gasteiger partial charge >= 0.3 is 0 Å². The zero-order valence-electron chi connectivity index (χ0n) is 8.39. The molecule has 1 aromatic carbocycles. The van der Waals surface area contributed by atoms with Gasteiger partial charge in [0.15, 0.2) is 0 Å². The Morgan fingerprint density at radius 3 is 2.53 bits per heavy atom. The van der Waals surface area contributed by atoms with Gasteiger partial charge in [-0.25, -0.2) is 9.07 Å². The van der Waals surface area contributed by atoms with Crippen LogP contribution in [0.1, 0.15) is 18.7 Å². The number of halogens is 1. The summed E-state index contributed by atoms with van der Waals surface area (Å²) < 4.78 is 14.4. The highest BCUT2D eigenvalue weighted by atomic mass is 19.1. The van der Waals surface area contributed by atoms with Gasteiger partial charge in [0.2, 0.25) is 0 Å². The van der Waals surface area contributed by atoms with Crippen LogP contribution >= 0.6 is 0 Å². The fraction of sp³-hybridized carbons (Fsp3) is 0.182. The van der Waals surface area contributed by atoms with E-state index >= 15 is 0 Å². The normalized spacial score (nSPS) is 12.7. The monoisotopic (exact) mass is 205 g/mol. The molecule has 0 amide bonds. The van der Waals surface area contributed by atoms with Crippen LogP contribution < -0.4 is 5.73 Å². The zero-order valence-corrected chi connectivity index (χ0v) is 8.39. The predicted molar refractivity (Wildman–Crippen MR) is 56.1 cm³/mol. The SMILES string of the molecule is CC(N)c1ccnn1-c1ccc(F)cc1. The van der Waals surface area contributed by atoms with Gasteiger partial charge in [0, 0.05) is 12.2 Å². The van der Waals surface area contributed by atoms with Crippen molar-refractivity contribution in [3.05, 3.63) is 48.0 Å². The molecule has 0 bridgehead atoms. The quantitative estimate of drug-likeness (QED) is 0.815. The predicted octanol–water partition coefficient (Wildman–Crippen LogP) is 2.03. The van der Waals surface area contributed by atoms with E-state index in [4.69, 9.17) is 5.73 Å². The molecule has 0 aliphatic heterocycles. The standard InChI is InChI=1S/C11H12FN3/c1-8(13)11-6-7-14-15(11)10-4-2-9(12)3-5-10/h2-8H,13H2,1H3. The summed E-state index contributed by atoms with van der Waals surface area (Å²) in [5, 5.41) is 4.15. The average molecular weight is 205 g/mol. The van der Waals surface area contributed by atoms with Crippen molar-refractivity contribution in [1.29, 1.82) is 0 Å². The van der Waals surface area contributed by atoms with E-state index in [1.807, 2.05) is 13.0 Å². The lowest BCUT2D eigenvalue weighted by Crippen LogP contribution is -2.11. The van der Waals surface area contributed by atoms with E-state index in [9.17, 15) is 4.39 Å². The van der Waals surface area contributed by atoms with Crippen LogP contribution in [0.5, 0.6) is 0 Å². The number of nitrogens with zero attached hydrogens (tertiary/aromatic N) is 2. The van der Waals surface area contributed by atoms with Crippen LogP contribution in [0.4, 0.5) is 4.39 Å². The summed E-state index contributed by atoms with van der Waals surface area (Å²) in [4.78, 5) is 0. The lowest BCUT2D eigenvalue weighted by Gasteiger charge is -2.09. The molecule has 1 aromatic heterocycles. The van der Waals surface area contributed by atoms with Crippen LogP contribution in [0.25, 0.3) is 5.69 Å². The molecule has 2 rings (SSSR count). The van der Waals surface area contributed by atoms with Crippen molar-refractivity contribution in [2.75, 3.05) is 0 Å². The first-order chi connectivity index (χ1) is 7.18. The Morgan fingerprint density at radius 2 is 1.93 bits per heavy atom. The molecule has 0 radical (unpaired) electrons. The van der Waals surface area contributed by atoms with Crippen LogP contribution in [0, 0.1) is 5.82 Å². The molecule has 0 aliphatic carbocycles. The first-order valence-corrected chi connectivity index (χ1v) is 4.74. The molecule has 0 aliphatic rings. The van der Waals surface area contributed by atoms with Crippen molar-refractivity contribution >= 4 is 0 Å². The maximum atomic E-state index is 12.7. The topological polar surface area (TPSA) is 43.8 Å². The Kier molecular flexibility index (Phi) is 2.51. The van der Waals surface area contributed by atoms with Gasteiger partial charge in [-0.05, 0) is 37.3 Å². The molecule has 2 N–H and O–H groups in total. The molecular formula is C11H12FN3. The summed E-state index contributed by atoms with van der Waals surface area (Å²) in [5.41, 5.74) is 7.51. The number of hydrogen-bond donors (Lipinski definition) is 1. The molecule has 0 saturated carbocycles. The molecule has 1 unspecified atom stereocenters. The molecule has 4 heteroatoms. The van der Waals surface area contributed by atoms with Crippen molar-refractivity contribution in [3.63, 3.8) is 0 Å². The highest BCUT2D eigenvalue weighted by Crippen LogP contribution is 2.15. The number of aromatic nitrogens is 2. The first kappa shape index (κ1) is 9.86. The second kappa shape index (κ2) is 3.82. The van der Waals surface area contributed by atoms with E-state index in [2.05, 4.69) is 5.10 Å². The highest BCUT2D eigenvalue weighted by molar-refractivity contribution is 5.33. The average Bonchev–Trinajstić information content (AvgIpc) is 2.67. The lowest BCUT2D eigenvalue weighted by atomic mass is 10.2. The minimum absolute atomic E-state index is 0.0995. The van der Waals surface area contributed by atoms with E-state index < -0.39 is 0 Å². The van der Waals surface area contributed by atoms with Crippen LogP contribution in [-0.2, 0) is 0 Å². The van der Waals surface area contributed by atoms with Gasteiger partial charge in [0.05, 0.1) is 11.4 Å². The molecule has 0 fully saturated rings. The van der Waals surface area contributed by atoms with Crippen molar-refractivity contribution in [2.24, 2.45) is 5.73 Å². The van der Waals surface area contributed by atoms with Crippen LogP contribution in [0.3, 0.4) is 0 Å². The summed E-state index contributed by atoms with van der Waals surface area (Å²) in [6.07, 6.45) is 1.68. The molecule has 1 heterocycles. The smallest absolute Gasteiger partial charge is 0.123 e. The van der Waals surface area contributed by atoms with Crippen molar-refractivity contribution in [1.82, 2.24) is 9.78 Å². The highest BCUT2D eigenvalue weighted by Gasteiger charge is 2.08. The van der Waals surface area contributed by atoms with E-state index in [0.29, 0.717) is 0 Å². The molecule has 78 valence electrons. The fourth-order valence-corrected chi connectivity index (χ4v) is 1.46.